The van der Waals surface area contributed by atoms with Crippen molar-refractivity contribution in [1.82, 2.24) is 0 Å². The van der Waals surface area contributed by atoms with E-state index in [1.54, 1.807) is 12.4 Å². The molecule has 138 valence electrons. The van der Waals surface area contributed by atoms with E-state index in [2.05, 4.69) is 97.2 Å². The first-order valence-corrected chi connectivity index (χ1v) is 15.9. The van der Waals surface area contributed by atoms with Gasteiger partial charge in [0.05, 0.1) is 12.4 Å². The van der Waals surface area contributed by atoms with Gasteiger partial charge in [-0.3, -0.25) is 9.35 Å². The lowest BCUT2D eigenvalue weighted by Gasteiger charge is -2.32. The summed E-state index contributed by atoms with van der Waals surface area (Å²) in [6.07, 6.45) is 3.61. The summed E-state index contributed by atoms with van der Waals surface area (Å²) in [6, 6.07) is 20.7. The molecule has 0 fully saturated rings. The second-order valence-electron chi connectivity index (χ2n) is 8.17. The van der Waals surface area contributed by atoms with Gasteiger partial charge in [0.1, 0.15) is 0 Å². The number of hydrogen-bond acceptors (Lipinski definition) is 4. The molecule has 0 unspecified atom stereocenters. The van der Waals surface area contributed by atoms with Crippen LogP contribution < -0.4 is 9.35 Å². The largest absolute Gasteiger partial charge is 0.295 e. The van der Waals surface area contributed by atoms with Crippen LogP contribution in [0.5, 0.6) is 0 Å². The van der Waals surface area contributed by atoms with Crippen LogP contribution in [0.3, 0.4) is 0 Å². The Hall–Kier alpha value is -2.19. The zero-order chi connectivity index (χ0) is 19.2. The summed E-state index contributed by atoms with van der Waals surface area (Å²) in [4.78, 5) is 0. The lowest BCUT2D eigenvalue weighted by Crippen LogP contribution is -2.43. The molecule has 0 atom stereocenters. The Balaban J connectivity index is 2.22. The first-order chi connectivity index (χ1) is 12.2. The summed E-state index contributed by atoms with van der Waals surface area (Å²) in [5.41, 5.74) is 2.25. The third-order valence-electron chi connectivity index (χ3n) is 3.70. The number of anilines is 2. The number of rotatable bonds is 7. The first kappa shape index (κ1) is 20.1. The Morgan fingerprint density at radius 2 is 0.885 bits per heavy atom. The van der Waals surface area contributed by atoms with Gasteiger partial charge in [-0.15, -0.1) is 0 Å². The van der Waals surface area contributed by atoms with E-state index in [1.807, 2.05) is 12.1 Å². The van der Waals surface area contributed by atoms with Crippen LogP contribution in [0.2, 0.25) is 39.3 Å². The monoisotopic (exact) mass is 382 g/mol. The molecule has 0 amide bonds. The molecule has 2 rings (SSSR count). The highest BCUT2D eigenvalue weighted by atomic mass is 28.3. The lowest BCUT2D eigenvalue weighted by atomic mass is 10.3. The van der Waals surface area contributed by atoms with E-state index in [0.717, 1.165) is 11.4 Å². The molecule has 0 N–H and O–H groups in total. The third-order valence-corrected chi connectivity index (χ3v) is 6.99. The van der Waals surface area contributed by atoms with Crippen LogP contribution in [-0.4, -0.2) is 28.9 Å². The van der Waals surface area contributed by atoms with Crippen molar-refractivity contribution in [3.63, 3.8) is 0 Å². The Morgan fingerprint density at radius 3 is 1.15 bits per heavy atom. The fraction of sp³-hybridized carbons (Fsp3) is 0.300. The van der Waals surface area contributed by atoms with Crippen LogP contribution in [0.15, 0.2) is 70.9 Å². The van der Waals surface area contributed by atoms with Crippen molar-refractivity contribution in [2.75, 3.05) is 9.35 Å². The van der Waals surface area contributed by atoms with E-state index in [9.17, 15) is 0 Å². The predicted octanol–water partition coefficient (Wildman–Crippen LogP) is 5.64. The van der Waals surface area contributed by atoms with Crippen molar-refractivity contribution >= 4 is 40.3 Å². The maximum Gasteiger partial charge on any atom is 0.176 e. The summed E-state index contributed by atoms with van der Waals surface area (Å²) in [7, 11) is -3.27. The second kappa shape index (κ2) is 8.46. The van der Waals surface area contributed by atoms with Gasteiger partial charge in [0.15, 0.2) is 16.5 Å². The average molecular weight is 383 g/mol. The Bertz CT molecular complexity index is 666. The number of para-hydroxylation sites is 2. The summed E-state index contributed by atoms with van der Waals surface area (Å²) >= 11 is 0. The zero-order valence-corrected chi connectivity index (χ0v) is 18.7. The highest BCUT2D eigenvalue weighted by molar-refractivity contribution is 6.80. The minimum Gasteiger partial charge on any atom is -0.295 e. The molecular formula is C20H30N4Si2. The van der Waals surface area contributed by atoms with Crippen LogP contribution in [0, 0.1) is 0 Å². The minimum atomic E-state index is -1.64. The quantitative estimate of drug-likeness (QED) is 0.352. The van der Waals surface area contributed by atoms with Gasteiger partial charge in [0.2, 0.25) is 0 Å². The molecule has 0 heterocycles. The molecule has 0 radical (unpaired) electrons. The average Bonchev–Trinajstić information content (AvgIpc) is 2.57. The van der Waals surface area contributed by atoms with Crippen LogP contribution >= 0.6 is 0 Å². The summed E-state index contributed by atoms with van der Waals surface area (Å²) < 4.78 is 4.31. The molecule has 6 heteroatoms. The Labute approximate surface area is 160 Å². The molecule has 0 saturated carbocycles. The van der Waals surface area contributed by atoms with Crippen LogP contribution in [0.4, 0.5) is 11.4 Å². The standard InChI is InChI=1S/C20H30N4Si2/c1-25(2,3)23(19-13-9-7-10-14-19)21-17-18-22-24(26(4,5)6)20-15-11-8-12-16-20/h7-18H,1-6H3. The van der Waals surface area contributed by atoms with Gasteiger partial charge in [-0.25, -0.2) is 0 Å². The summed E-state index contributed by atoms with van der Waals surface area (Å²) in [5, 5.41) is 9.44. The molecule has 0 aliphatic rings. The van der Waals surface area contributed by atoms with E-state index in [-0.39, 0.29) is 0 Å². The van der Waals surface area contributed by atoms with Gasteiger partial charge in [-0.2, -0.15) is 10.2 Å². The van der Waals surface area contributed by atoms with Gasteiger partial charge >= 0.3 is 0 Å². The molecule has 26 heavy (non-hydrogen) atoms. The van der Waals surface area contributed by atoms with E-state index < -0.39 is 16.5 Å². The molecule has 4 nitrogen and oxygen atoms in total. The molecule has 2 aromatic carbocycles. The molecular weight excluding hydrogens is 352 g/mol. The highest BCUT2D eigenvalue weighted by Gasteiger charge is 2.25. The fourth-order valence-electron chi connectivity index (χ4n) is 2.59. The Morgan fingerprint density at radius 1 is 0.577 bits per heavy atom. The van der Waals surface area contributed by atoms with Crippen LogP contribution in [0.25, 0.3) is 0 Å². The van der Waals surface area contributed by atoms with E-state index in [4.69, 9.17) is 10.2 Å². The van der Waals surface area contributed by atoms with Crippen molar-refractivity contribution in [2.24, 2.45) is 10.2 Å². The number of hydrogen-bond donors (Lipinski definition) is 0. The van der Waals surface area contributed by atoms with Crippen molar-refractivity contribution < 1.29 is 0 Å². The molecule has 0 aliphatic carbocycles. The fourth-order valence-corrected chi connectivity index (χ4v) is 5.26. The predicted molar refractivity (Wildman–Crippen MR) is 122 cm³/mol. The van der Waals surface area contributed by atoms with Gasteiger partial charge < -0.3 is 0 Å². The van der Waals surface area contributed by atoms with Crippen molar-refractivity contribution in [1.29, 1.82) is 0 Å². The molecule has 0 aliphatic heterocycles. The van der Waals surface area contributed by atoms with Gasteiger partial charge in [-0.1, -0.05) is 36.4 Å². The normalized spacial score (nSPS) is 12.7. The van der Waals surface area contributed by atoms with E-state index in [1.165, 1.54) is 0 Å². The molecule has 0 bridgehead atoms. The zero-order valence-electron chi connectivity index (χ0n) is 16.7. The molecule has 0 spiro atoms. The van der Waals surface area contributed by atoms with Gasteiger partial charge in [0, 0.05) is 11.4 Å². The highest BCUT2D eigenvalue weighted by Crippen LogP contribution is 2.22. The molecule has 2 aromatic rings. The van der Waals surface area contributed by atoms with Crippen molar-refractivity contribution in [3.05, 3.63) is 60.7 Å². The topological polar surface area (TPSA) is 31.2 Å². The van der Waals surface area contributed by atoms with Crippen molar-refractivity contribution in [2.45, 2.75) is 39.3 Å². The van der Waals surface area contributed by atoms with Crippen LogP contribution in [0.1, 0.15) is 0 Å². The van der Waals surface area contributed by atoms with Gasteiger partial charge in [-0.05, 0) is 63.5 Å². The maximum absolute atomic E-state index is 4.72. The molecule has 0 aromatic heterocycles. The first-order valence-electron chi connectivity index (χ1n) is 8.97. The summed E-state index contributed by atoms with van der Waals surface area (Å²) in [5.74, 6) is 0. The maximum atomic E-state index is 4.72. The summed E-state index contributed by atoms with van der Waals surface area (Å²) in [6.45, 7) is 13.7. The third kappa shape index (κ3) is 5.67. The van der Waals surface area contributed by atoms with Crippen LogP contribution in [-0.2, 0) is 0 Å². The SMILES string of the molecule is C[Si](C)(C)N(N=CC=NN(c1ccccc1)[Si](C)(C)C)c1ccccc1. The van der Waals surface area contributed by atoms with E-state index >= 15 is 0 Å². The number of benzene rings is 2. The number of hydrazone groups is 2. The lowest BCUT2D eigenvalue weighted by molar-refractivity contribution is 1.12. The molecule has 0 saturated heterocycles. The Kier molecular flexibility index (Phi) is 6.55. The number of nitrogens with zero attached hydrogens (tertiary/aromatic N) is 4. The smallest absolute Gasteiger partial charge is 0.176 e. The van der Waals surface area contributed by atoms with Crippen molar-refractivity contribution in [3.8, 4) is 0 Å². The van der Waals surface area contributed by atoms with Gasteiger partial charge in [0.25, 0.3) is 0 Å². The minimum absolute atomic E-state index is 1.13. The van der Waals surface area contributed by atoms with E-state index in [0.29, 0.717) is 0 Å². The second-order valence-corrected chi connectivity index (χ2v) is 17.7.